The van der Waals surface area contributed by atoms with E-state index in [9.17, 15) is 19.7 Å². The molecule has 150 valence electrons. The molecule has 1 aromatic carbocycles. The number of nitro benzene ring substituents is 1. The molecule has 0 bridgehead atoms. The zero-order valence-electron chi connectivity index (χ0n) is 16.3. The highest BCUT2D eigenvalue weighted by Crippen LogP contribution is 2.36. The first-order valence-corrected chi connectivity index (χ1v) is 9.48. The van der Waals surface area contributed by atoms with Crippen LogP contribution >= 0.6 is 0 Å². The number of nitrogens with one attached hydrogen (secondary N) is 1. The topological polar surface area (TPSA) is 102 Å². The first kappa shape index (κ1) is 19.9. The fraction of sp³-hybridized carbons (Fsp3) is 0.500. The number of hydrogen-bond donors (Lipinski definition) is 1. The number of urea groups is 1. The fourth-order valence-corrected chi connectivity index (χ4v) is 3.93. The van der Waals surface area contributed by atoms with Gasteiger partial charge in [0.25, 0.3) is 5.69 Å². The van der Waals surface area contributed by atoms with Gasteiger partial charge in [0.2, 0.25) is 0 Å². The van der Waals surface area contributed by atoms with E-state index in [1.54, 1.807) is 32.2 Å². The monoisotopic (exact) mass is 387 g/mol. The molecule has 1 aliphatic carbocycles. The van der Waals surface area contributed by atoms with Gasteiger partial charge in [0, 0.05) is 18.8 Å². The van der Waals surface area contributed by atoms with Gasteiger partial charge in [-0.1, -0.05) is 25.5 Å². The number of nitro groups is 1. The van der Waals surface area contributed by atoms with Crippen LogP contribution in [0, 0.1) is 16.0 Å². The number of para-hydroxylation sites is 1. The first-order valence-electron chi connectivity index (χ1n) is 9.48. The maximum absolute atomic E-state index is 13.1. The molecule has 3 rings (SSSR count). The van der Waals surface area contributed by atoms with Crippen molar-refractivity contribution in [2.24, 2.45) is 5.92 Å². The molecule has 28 heavy (non-hydrogen) atoms. The minimum Gasteiger partial charge on any atom is -0.459 e. The molecule has 0 radical (unpaired) electrons. The molecule has 1 fully saturated rings. The minimum absolute atomic E-state index is 0.151. The summed E-state index contributed by atoms with van der Waals surface area (Å²) >= 11 is 0. The van der Waals surface area contributed by atoms with Crippen LogP contribution in [0.5, 0.6) is 0 Å². The highest BCUT2D eigenvalue weighted by molar-refractivity contribution is 5.95. The number of ether oxygens (including phenoxy) is 1. The summed E-state index contributed by atoms with van der Waals surface area (Å²) in [6, 6.07) is 4.75. The Morgan fingerprint density at radius 2 is 2.04 bits per heavy atom. The molecule has 0 aromatic heterocycles. The summed E-state index contributed by atoms with van der Waals surface area (Å²) in [5, 5.41) is 14.2. The Morgan fingerprint density at radius 1 is 1.32 bits per heavy atom. The molecule has 2 aliphatic rings. The van der Waals surface area contributed by atoms with Crippen LogP contribution < -0.4 is 5.32 Å². The van der Waals surface area contributed by atoms with E-state index in [2.05, 4.69) is 12.2 Å². The molecule has 1 aliphatic heterocycles. The van der Waals surface area contributed by atoms with Gasteiger partial charge < -0.3 is 15.0 Å². The zero-order valence-corrected chi connectivity index (χ0v) is 16.3. The molecule has 1 heterocycles. The van der Waals surface area contributed by atoms with Crippen LogP contribution in [-0.4, -0.2) is 35.0 Å². The van der Waals surface area contributed by atoms with Crippen LogP contribution in [0.2, 0.25) is 0 Å². The lowest BCUT2D eigenvalue weighted by Gasteiger charge is -2.34. The predicted octanol–water partition coefficient (Wildman–Crippen LogP) is 3.69. The predicted molar refractivity (Wildman–Crippen MR) is 102 cm³/mol. The van der Waals surface area contributed by atoms with Crippen LogP contribution in [0.15, 0.2) is 35.5 Å². The number of benzene rings is 1. The Bertz CT molecular complexity index is 835. The molecule has 8 nitrogen and oxygen atoms in total. The van der Waals surface area contributed by atoms with Crippen molar-refractivity contribution in [3.05, 3.63) is 51.2 Å². The average molecular weight is 387 g/mol. The highest BCUT2D eigenvalue weighted by atomic mass is 16.6. The van der Waals surface area contributed by atoms with E-state index in [1.165, 1.54) is 11.0 Å². The number of carbonyl (C=O) groups is 2. The van der Waals surface area contributed by atoms with Crippen molar-refractivity contribution in [3.63, 3.8) is 0 Å². The number of rotatable bonds is 4. The first-order chi connectivity index (χ1) is 13.3. The smallest absolute Gasteiger partial charge is 0.338 e. The summed E-state index contributed by atoms with van der Waals surface area (Å²) < 4.78 is 5.76. The normalized spacial score (nSPS) is 25.3. The Labute approximate surface area is 163 Å². The molecule has 3 atom stereocenters. The molecule has 0 unspecified atom stereocenters. The minimum atomic E-state index is -0.932. The largest absolute Gasteiger partial charge is 0.459 e. The van der Waals surface area contributed by atoms with E-state index in [0.717, 1.165) is 25.7 Å². The maximum atomic E-state index is 13.1. The summed E-state index contributed by atoms with van der Waals surface area (Å²) in [6.45, 7) is 3.79. The van der Waals surface area contributed by atoms with E-state index >= 15 is 0 Å². The molecule has 8 heteroatoms. The van der Waals surface area contributed by atoms with Crippen molar-refractivity contribution in [2.75, 3.05) is 7.05 Å². The number of nitrogens with zero attached hydrogens (tertiary/aromatic N) is 2. The van der Waals surface area contributed by atoms with Crippen LogP contribution in [-0.2, 0) is 9.53 Å². The lowest BCUT2D eigenvalue weighted by molar-refractivity contribution is -0.385. The van der Waals surface area contributed by atoms with Crippen LogP contribution in [0.1, 0.15) is 51.1 Å². The van der Waals surface area contributed by atoms with Crippen LogP contribution in [0.4, 0.5) is 10.5 Å². The lowest BCUT2D eigenvalue weighted by atomic mass is 9.88. The van der Waals surface area contributed by atoms with Gasteiger partial charge in [-0.15, -0.1) is 0 Å². The third kappa shape index (κ3) is 3.85. The van der Waals surface area contributed by atoms with Gasteiger partial charge in [0.1, 0.15) is 6.10 Å². The van der Waals surface area contributed by atoms with Crippen molar-refractivity contribution in [1.29, 1.82) is 0 Å². The van der Waals surface area contributed by atoms with E-state index in [-0.39, 0.29) is 22.9 Å². The van der Waals surface area contributed by atoms with Crippen molar-refractivity contribution < 1.29 is 19.2 Å². The molecular formula is C20H25N3O5. The Kier molecular flexibility index (Phi) is 5.67. The lowest BCUT2D eigenvalue weighted by Crippen LogP contribution is -2.46. The summed E-state index contributed by atoms with van der Waals surface area (Å²) in [7, 11) is 1.55. The molecule has 0 spiro atoms. The average Bonchev–Trinajstić information content (AvgIpc) is 2.65. The number of esters is 1. The van der Waals surface area contributed by atoms with Gasteiger partial charge in [-0.2, -0.15) is 0 Å². The van der Waals surface area contributed by atoms with Gasteiger partial charge in [-0.3, -0.25) is 10.1 Å². The summed E-state index contributed by atoms with van der Waals surface area (Å²) in [5.41, 5.74) is 0.773. The summed E-state index contributed by atoms with van der Waals surface area (Å²) in [5.74, 6) is -0.0482. The molecular weight excluding hydrogens is 362 g/mol. The Hall–Kier alpha value is -2.90. The molecule has 1 N–H and O–H groups in total. The van der Waals surface area contributed by atoms with E-state index in [0.29, 0.717) is 11.6 Å². The second-order valence-corrected chi connectivity index (χ2v) is 7.56. The quantitative estimate of drug-likeness (QED) is 0.482. The van der Waals surface area contributed by atoms with Crippen LogP contribution in [0.3, 0.4) is 0 Å². The van der Waals surface area contributed by atoms with E-state index < -0.39 is 23.0 Å². The number of hydrogen-bond acceptors (Lipinski definition) is 5. The second-order valence-electron chi connectivity index (χ2n) is 7.56. The van der Waals surface area contributed by atoms with Crippen molar-refractivity contribution in [3.8, 4) is 0 Å². The zero-order chi connectivity index (χ0) is 20.4. The summed E-state index contributed by atoms with van der Waals surface area (Å²) in [6.07, 6.45) is 3.55. The van der Waals surface area contributed by atoms with Gasteiger partial charge >= 0.3 is 12.0 Å². The van der Waals surface area contributed by atoms with Crippen molar-refractivity contribution >= 4 is 17.7 Å². The maximum Gasteiger partial charge on any atom is 0.338 e. The van der Waals surface area contributed by atoms with Crippen LogP contribution in [0.25, 0.3) is 0 Å². The standard InChI is InChI=1S/C20H25N3O5/c1-12-7-6-8-14(11-12)28-19(24)17-13(2)22(3)20(25)21-18(17)15-9-4-5-10-16(15)23(26)27/h4-5,9-10,12,14,18H,6-8,11H2,1-3H3,(H,21,25)/t12-,14+,18+/m0/s1. The highest BCUT2D eigenvalue weighted by Gasteiger charge is 2.39. The number of allylic oxidation sites excluding steroid dienone is 1. The van der Waals surface area contributed by atoms with Crippen molar-refractivity contribution in [2.45, 2.75) is 51.7 Å². The third-order valence-electron chi connectivity index (χ3n) is 5.58. The summed E-state index contributed by atoms with van der Waals surface area (Å²) in [4.78, 5) is 37.7. The van der Waals surface area contributed by atoms with Gasteiger partial charge in [-0.25, -0.2) is 9.59 Å². The molecule has 1 saturated carbocycles. The van der Waals surface area contributed by atoms with Crippen molar-refractivity contribution in [1.82, 2.24) is 10.2 Å². The fourth-order valence-electron chi connectivity index (χ4n) is 3.93. The molecule has 0 saturated heterocycles. The molecule has 1 aromatic rings. The third-order valence-corrected chi connectivity index (χ3v) is 5.58. The van der Waals surface area contributed by atoms with Gasteiger partial charge in [0.15, 0.2) is 0 Å². The Balaban J connectivity index is 1.98. The van der Waals surface area contributed by atoms with Gasteiger partial charge in [-0.05, 0) is 38.2 Å². The number of carbonyl (C=O) groups excluding carboxylic acids is 2. The van der Waals surface area contributed by atoms with E-state index in [1.807, 2.05) is 0 Å². The SMILES string of the molecule is CC1=C(C(=O)O[C@@H]2CCC[C@H](C)C2)[C@@H](c2ccccc2[N+](=O)[O-])NC(=O)N1C. The molecule has 2 amide bonds. The van der Waals surface area contributed by atoms with Gasteiger partial charge in [0.05, 0.1) is 22.1 Å². The second kappa shape index (κ2) is 8.00. The van der Waals surface area contributed by atoms with E-state index in [4.69, 9.17) is 4.74 Å². The Morgan fingerprint density at radius 3 is 2.71 bits per heavy atom. The number of amides is 2.